The summed E-state index contributed by atoms with van der Waals surface area (Å²) in [5.41, 5.74) is 8.89. The number of anilines is 1. The summed E-state index contributed by atoms with van der Waals surface area (Å²) in [4.78, 5) is 4.48. The highest BCUT2D eigenvalue weighted by Gasteiger charge is 2.13. The van der Waals surface area contributed by atoms with E-state index in [-0.39, 0.29) is 0 Å². The highest BCUT2D eigenvalue weighted by atomic mass is 79.9. The second-order valence-electron chi connectivity index (χ2n) is 4.32. The first-order chi connectivity index (χ1) is 9.15. The number of halogens is 1. The van der Waals surface area contributed by atoms with Gasteiger partial charge in [-0.15, -0.1) is 0 Å². The summed E-state index contributed by atoms with van der Waals surface area (Å²) in [7, 11) is 0. The number of hydrogen-bond donors (Lipinski definition) is 1. The van der Waals surface area contributed by atoms with Gasteiger partial charge in [-0.3, -0.25) is 0 Å². The van der Waals surface area contributed by atoms with Gasteiger partial charge in [0.25, 0.3) is 0 Å². The molecule has 0 radical (unpaired) electrons. The van der Waals surface area contributed by atoms with Gasteiger partial charge in [0.1, 0.15) is 17.6 Å². The summed E-state index contributed by atoms with van der Waals surface area (Å²) >= 11 is 3.50. The van der Waals surface area contributed by atoms with E-state index in [1.54, 1.807) is 0 Å². The zero-order valence-electron chi connectivity index (χ0n) is 10.4. The molecule has 19 heavy (non-hydrogen) atoms. The zero-order chi connectivity index (χ0) is 13.4. The first-order valence-electron chi connectivity index (χ1n) is 6.02. The SMILES string of the molecule is CC[n+]1cc(Br)cc(-c2nc3cc(N)ccc3o2)c1. The van der Waals surface area contributed by atoms with Gasteiger partial charge in [-0.05, 0) is 47.1 Å². The molecule has 0 atom stereocenters. The molecule has 0 fully saturated rings. The lowest BCUT2D eigenvalue weighted by molar-refractivity contribution is -0.693. The molecule has 0 unspecified atom stereocenters. The van der Waals surface area contributed by atoms with Crippen molar-refractivity contribution in [2.45, 2.75) is 13.5 Å². The van der Waals surface area contributed by atoms with Crippen molar-refractivity contribution in [3.8, 4) is 11.5 Å². The molecule has 1 aromatic carbocycles. The lowest BCUT2D eigenvalue weighted by Gasteiger charge is -1.96. The van der Waals surface area contributed by atoms with Crippen LogP contribution in [0.1, 0.15) is 6.92 Å². The normalized spacial score (nSPS) is 11.1. The Morgan fingerprint density at radius 1 is 1.32 bits per heavy atom. The van der Waals surface area contributed by atoms with E-state index >= 15 is 0 Å². The second kappa shape index (κ2) is 4.66. The molecule has 3 rings (SSSR count). The van der Waals surface area contributed by atoms with Gasteiger partial charge in [0.15, 0.2) is 18.0 Å². The number of oxazole rings is 1. The Labute approximate surface area is 119 Å². The lowest BCUT2D eigenvalue weighted by atomic mass is 10.3. The average molecular weight is 319 g/mol. The van der Waals surface area contributed by atoms with Crippen LogP contribution in [0, 0.1) is 0 Å². The molecular weight excluding hydrogens is 306 g/mol. The zero-order valence-corrected chi connectivity index (χ0v) is 12.0. The predicted octanol–water partition coefficient (Wildman–Crippen LogP) is 3.15. The van der Waals surface area contributed by atoms with Gasteiger partial charge in [-0.2, -0.15) is 0 Å². The fourth-order valence-electron chi connectivity index (χ4n) is 1.96. The molecule has 3 aromatic rings. The summed E-state index contributed by atoms with van der Waals surface area (Å²) in [5, 5.41) is 0. The minimum Gasteiger partial charge on any atom is -0.436 e. The number of rotatable bonds is 2. The molecule has 2 N–H and O–H groups in total. The third-order valence-electron chi connectivity index (χ3n) is 2.91. The van der Waals surface area contributed by atoms with Gasteiger partial charge in [0.05, 0.1) is 4.47 Å². The van der Waals surface area contributed by atoms with Gasteiger partial charge < -0.3 is 10.2 Å². The van der Waals surface area contributed by atoms with E-state index in [1.165, 1.54) is 0 Å². The maximum Gasteiger partial charge on any atom is 0.233 e. The smallest absolute Gasteiger partial charge is 0.233 e. The number of nitrogen functional groups attached to an aromatic ring is 1. The maximum atomic E-state index is 5.76. The predicted molar refractivity (Wildman–Crippen MR) is 77.4 cm³/mol. The number of nitrogens with zero attached hydrogens (tertiary/aromatic N) is 2. The van der Waals surface area contributed by atoms with Crippen LogP contribution >= 0.6 is 15.9 Å². The van der Waals surface area contributed by atoms with Crippen LogP contribution in [0.2, 0.25) is 0 Å². The molecule has 2 aromatic heterocycles. The second-order valence-corrected chi connectivity index (χ2v) is 5.24. The molecule has 5 heteroatoms. The van der Waals surface area contributed by atoms with Crippen LogP contribution in [-0.4, -0.2) is 4.98 Å². The standard InChI is InChI=1S/C14H13BrN3O/c1-2-18-7-9(5-10(15)8-18)14-17-12-6-11(16)3-4-13(12)19-14/h3-8H,2,16H2,1H3/q+1. The Kier molecular flexibility index (Phi) is 2.98. The lowest BCUT2D eigenvalue weighted by Crippen LogP contribution is -2.31. The molecule has 0 bridgehead atoms. The minimum atomic E-state index is 0.601. The van der Waals surface area contributed by atoms with Crippen LogP contribution in [-0.2, 0) is 6.54 Å². The molecule has 96 valence electrons. The molecule has 2 heterocycles. The Morgan fingerprint density at radius 3 is 2.95 bits per heavy atom. The molecule has 0 spiro atoms. The average Bonchev–Trinajstić information content (AvgIpc) is 2.80. The van der Waals surface area contributed by atoms with Crippen molar-refractivity contribution in [1.29, 1.82) is 0 Å². The van der Waals surface area contributed by atoms with E-state index in [4.69, 9.17) is 10.2 Å². The first kappa shape index (κ1) is 12.2. The maximum absolute atomic E-state index is 5.76. The number of aromatic nitrogens is 2. The Hall–Kier alpha value is -1.88. The monoisotopic (exact) mass is 318 g/mol. The van der Waals surface area contributed by atoms with E-state index in [2.05, 4.69) is 32.4 Å². The van der Waals surface area contributed by atoms with Gasteiger partial charge in [-0.1, -0.05) is 0 Å². The number of fused-ring (bicyclic) bond motifs is 1. The molecule has 0 aliphatic carbocycles. The van der Waals surface area contributed by atoms with Crippen molar-refractivity contribution in [1.82, 2.24) is 4.98 Å². The Bertz CT molecular complexity index is 752. The van der Waals surface area contributed by atoms with Crippen LogP contribution in [0.25, 0.3) is 22.6 Å². The molecular formula is C14H13BrN3O+. The Morgan fingerprint density at radius 2 is 2.16 bits per heavy atom. The summed E-state index contributed by atoms with van der Waals surface area (Å²) in [6.45, 7) is 2.97. The summed E-state index contributed by atoms with van der Waals surface area (Å²) in [6.07, 6.45) is 4.03. The molecule has 0 aliphatic rings. The fourth-order valence-corrected chi connectivity index (χ4v) is 2.47. The molecule has 0 amide bonds. The van der Waals surface area contributed by atoms with Gasteiger partial charge in [0, 0.05) is 5.69 Å². The number of benzene rings is 1. The van der Waals surface area contributed by atoms with Crippen LogP contribution in [0.3, 0.4) is 0 Å². The number of pyridine rings is 1. The first-order valence-corrected chi connectivity index (χ1v) is 6.81. The van der Waals surface area contributed by atoms with Crippen LogP contribution in [0.5, 0.6) is 0 Å². The summed E-state index contributed by atoms with van der Waals surface area (Å²) in [6, 6.07) is 7.45. The molecule has 0 saturated heterocycles. The van der Waals surface area contributed by atoms with E-state index in [0.29, 0.717) is 11.6 Å². The number of hydrogen-bond acceptors (Lipinski definition) is 3. The van der Waals surface area contributed by atoms with E-state index in [0.717, 1.165) is 27.7 Å². The summed E-state index contributed by atoms with van der Waals surface area (Å²) < 4.78 is 8.83. The Balaban J connectivity index is 2.15. The van der Waals surface area contributed by atoms with Crippen molar-refractivity contribution in [3.05, 3.63) is 41.1 Å². The fraction of sp³-hybridized carbons (Fsp3) is 0.143. The number of nitrogens with two attached hydrogens (primary N) is 1. The van der Waals surface area contributed by atoms with Crippen molar-refractivity contribution in [3.63, 3.8) is 0 Å². The van der Waals surface area contributed by atoms with E-state index in [1.807, 2.05) is 36.7 Å². The molecule has 4 nitrogen and oxygen atoms in total. The van der Waals surface area contributed by atoms with Gasteiger partial charge in [-0.25, -0.2) is 9.55 Å². The highest BCUT2D eigenvalue weighted by molar-refractivity contribution is 9.10. The van der Waals surface area contributed by atoms with E-state index in [9.17, 15) is 0 Å². The minimum absolute atomic E-state index is 0.601. The van der Waals surface area contributed by atoms with Crippen LogP contribution in [0.4, 0.5) is 5.69 Å². The highest BCUT2D eigenvalue weighted by Crippen LogP contribution is 2.26. The molecule has 0 aliphatic heterocycles. The molecule has 0 saturated carbocycles. The van der Waals surface area contributed by atoms with Gasteiger partial charge >= 0.3 is 0 Å². The van der Waals surface area contributed by atoms with Gasteiger partial charge in [0.2, 0.25) is 5.89 Å². The van der Waals surface area contributed by atoms with Crippen LogP contribution < -0.4 is 10.3 Å². The third-order valence-corrected chi connectivity index (χ3v) is 3.34. The van der Waals surface area contributed by atoms with E-state index < -0.39 is 0 Å². The summed E-state index contributed by atoms with van der Waals surface area (Å²) in [5.74, 6) is 0.601. The third kappa shape index (κ3) is 2.33. The topological polar surface area (TPSA) is 55.9 Å². The number of aryl methyl sites for hydroxylation is 1. The van der Waals surface area contributed by atoms with Crippen LogP contribution in [0.15, 0.2) is 45.5 Å². The van der Waals surface area contributed by atoms with Crippen molar-refractivity contribution in [2.24, 2.45) is 0 Å². The quantitative estimate of drug-likeness (QED) is 0.583. The van der Waals surface area contributed by atoms with Crippen molar-refractivity contribution in [2.75, 3.05) is 5.73 Å². The van der Waals surface area contributed by atoms with Crippen molar-refractivity contribution < 1.29 is 8.98 Å². The largest absolute Gasteiger partial charge is 0.436 e. The van der Waals surface area contributed by atoms with Crippen molar-refractivity contribution >= 4 is 32.7 Å².